The monoisotopic (exact) mass is 269 g/mol. The lowest BCUT2D eigenvalue weighted by Gasteiger charge is -2.12. The van der Waals surface area contributed by atoms with Gasteiger partial charge in [0.15, 0.2) is 5.78 Å². The third-order valence-electron chi connectivity index (χ3n) is 3.38. The Kier molecular flexibility index (Phi) is 4.66. The predicted octanol–water partition coefficient (Wildman–Crippen LogP) is 2.94. The lowest BCUT2D eigenvalue weighted by molar-refractivity contribution is 0.101. The van der Waals surface area contributed by atoms with Gasteiger partial charge in [-0.15, -0.1) is 0 Å². The van der Waals surface area contributed by atoms with Crippen LogP contribution in [0.25, 0.3) is 11.1 Å². The van der Waals surface area contributed by atoms with Gasteiger partial charge < -0.3 is 10.8 Å². The van der Waals surface area contributed by atoms with Gasteiger partial charge in [0, 0.05) is 18.2 Å². The number of rotatable bonds is 5. The number of Topliss-reactive ketones (excluding diaryl/α,β-unsaturated/α-hetero) is 1. The summed E-state index contributed by atoms with van der Waals surface area (Å²) in [5.74, 6) is 0.0651. The molecule has 20 heavy (non-hydrogen) atoms. The van der Waals surface area contributed by atoms with Crippen LogP contribution in [0.5, 0.6) is 0 Å². The number of aliphatic hydroxyl groups is 1. The Morgan fingerprint density at radius 2 is 1.85 bits per heavy atom. The fourth-order valence-electron chi connectivity index (χ4n) is 2.15. The number of nitrogens with two attached hydrogens (primary N) is 1. The minimum absolute atomic E-state index is 0.0651. The third-order valence-corrected chi connectivity index (χ3v) is 3.38. The number of ketones is 1. The number of carbonyl (C=O) groups excluding carboxylic acids is 1. The zero-order valence-electron chi connectivity index (χ0n) is 11.5. The minimum atomic E-state index is -0.156. The molecule has 0 bridgehead atoms. The number of carbonyl (C=O) groups is 1. The van der Waals surface area contributed by atoms with E-state index in [-0.39, 0.29) is 18.4 Å². The Hall–Kier alpha value is -1.97. The normalized spacial score (nSPS) is 12.2. The summed E-state index contributed by atoms with van der Waals surface area (Å²) in [7, 11) is 0. The average molecular weight is 269 g/mol. The van der Waals surface area contributed by atoms with E-state index in [0.717, 1.165) is 16.7 Å². The van der Waals surface area contributed by atoms with Crippen LogP contribution in [0.2, 0.25) is 0 Å². The first-order valence-electron chi connectivity index (χ1n) is 6.69. The summed E-state index contributed by atoms with van der Waals surface area (Å²) in [6.45, 7) is 1.64. The smallest absolute Gasteiger partial charge is 0.159 e. The highest BCUT2D eigenvalue weighted by Crippen LogP contribution is 2.24. The average Bonchev–Trinajstić information content (AvgIpc) is 2.48. The molecule has 0 aromatic heterocycles. The van der Waals surface area contributed by atoms with E-state index in [2.05, 4.69) is 0 Å². The number of hydrogen-bond donors (Lipinski definition) is 2. The summed E-state index contributed by atoms with van der Waals surface area (Å²) in [4.78, 5) is 11.3. The van der Waals surface area contributed by atoms with Crippen molar-refractivity contribution in [3.8, 4) is 11.1 Å². The molecule has 0 radical (unpaired) electrons. The van der Waals surface area contributed by atoms with Gasteiger partial charge >= 0.3 is 0 Å². The molecule has 0 aliphatic carbocycles. The molecular weight excluding hydrogens is 250 g/mol. The molecular formula is C17H19NO2. The van der Waals surface area contributed by atoms with Crippen LogP contribution in [0.4, 0.5) is 0 Å². The van der Waals surface area contributed by atoms with Crippen molar-refractivity contribution in [1.82, 2.24) is 0 Å². The van der Waals surface area contributed by atoms with Crippen molar-refractivity contribution in [2.45, 2.75) is 19.4 Å². The second kappa shape index (κ2) is 6.46. The summed E-state index contributed by atoms with van der Waals surface area (Å²) in [6, 6.07) is 15.4. The van der Waals surface area contributed by atoms with Crippen LogP contribution in [0, 0.1) is 0 Å². The van der Waals surface area contributed by atoms with Gasteiger partial charge in [0.2, 0.25) is 0 Å². The van der Waals surface area contributed by atoms with Crippen LogP contribution in [-0.4, -0.2) is 17.5 Å². The Morgan fingerprint density at radius 1 is 1.15 bits per heavy atom. The van der Waals surface area contributed by atoms with Crippen molar-refractivity contribution >= 4 is 5.78 Å². The highest BCUT2D eigenvalue weighted by molar-refractivity contribution is 5.94. The van der Waals surface area contributed by atoms with Gasteiger partial charge in [-0.25, -0.2) is 0 Å². The van der Waals surface area contributed by atoms with Gasteiger partial charge in [0.25, 0.3) is 0 Å². The standard InChI is InChI=1S/C17H19NO2/c1-12(20)13-5-7-14(8-6-13)15-3-2-4-16(11-15)17(18)9-10-19/h2-8,11,17,19H,9-10,18H2,1H3. The quantitative estimate of drug-likeness (QED) is 0.820. The summed E-state index contributed by atoms with van der Waals surface area (Å²) in [6.07, 6.45) is 0.548. The van der Waals surface area contributed by atoms with Crippen LogP contribution in [0.15, 0.2) is 48.5 Å². The molecule has 0 heterocycles. The molecule has 3 N–H and O–H groups in total. The SMILES string of the molecule is CC(=O)c1ccc(-c2cccc(C(N)CCO)c2)cc1. The molecule has 0 aliphatic heterocycles. The molecule has 0 saturated carbocycles. The molecule has 1 unspecified atom stereocenters. The summed E-state index contributed by atoms with van der Waals surface area (Å²) in [5.41, 5.74) is 9.84. The highest BCUT2D eigenvalue weighted by Gasteiger charge is 2.07. The van der Waals surface area contributed by atoms with Crippen LogP contribution >= 0.6 is 0 Å². The molecule has 2 aromatic carbocycles. The van der Waals surface area contributed by atoms with Crippen molar-refractivity contribution in [2.24, 2.45) is 5.73 Å². The lowest BCUT2D eigenvalue weighted by Crippen LogP contribution is -2.11. The van der Waals surface area contributed by atoms with Crippen LogP contribution in [0.3, 0.4) is 0 Å². The van der Waals surface area contributed by atoms with Gasteiger partial charge in [-0.3, -0.25) is 4.79 Å². The summed E-state index contributed by atoms with van der Waals surface area (Å²) < 4.78 is 0. The highest BCUT2D eigenvalue weighted by atomic mass is 16.3. The number of aliphatic hydroxyl groups excluding tert-OH is 1. The second-order valence-corrected chi connectivity index (χ2v) is 4.88. The summed E-state index contributed by atoms with van der Waals surface area (Å²) >= 11 is 0. The van der Waals surface area contributed by atoms with Gasteiger partial charge in [-0.05, 0) is 36.1 Å². The first-order chi connectivity index (χ1) is 9.61. The van der Waals surface area contributed by atoms with E-state index in [9.17, 15) is 4.79 Å². The zero-order valence-corrected chi connectivity index (χ0v) is 11.5. The molecule has 104 valence electrons. The molecule has 0 fully saturated rings. The second-order valence-electron chi connectivity index (χ2n) is 4.88. The van der Waals surface area contributed by atoms with Crippen LogP contribution in [0.1, 0.15) is 35.3 Å². The predicted molar refractivity (Wildman–Crippen MR) is 80.5 cm³/mol. The van der Waals surface area contributed by atoms with Crippen molar-refractivity contribution in [2.75, 3.05) is 6.61 Å². The number of hydrogen-bond acceptors (Lipinski definition) is 3. The van der Waals surface area contributed by atoms with E-state index in [1.54, 1.807) is 6.92 Å². The van der Waals surface area contributed by atoms with Gasteiger partial charge in [-0.1, -0.05) is 42.5 Å². The van der Waals surface area contributed by atoms with E-state index in [0.29, 0.717) is 12.0 Å². The molecule has 0 aliphatic rings. The van der Waals surface area contributed by atoms with Crippen LogP contribution in [-0.2, 0) is 0 Å². The maximum Gasteiger partial charge on any atom is 0.159 e. The summed E-state index contributed by atoms with van der Waals surface area (Å²) in [5, 5.41) is 8.95. The van der Waals surface area contributed by atoms with E-state index in [1.807, 2.05) is 48.5 Å². The molecule has 2 aromatic rings. The zero-order chi connectivity index (χ0) is 14.5. The fourth-order valence-corrected chi connectivity index (χ4v) is 2.15. The molecule has 0 saturated heterocycles. The largest absolute Gasteiger partial charge is 0.396 e. The molecule has 0 amide bonds. The van der Waals surface area contributed by atoms with Gasteiger partial charge in [0.05, 0.1) is 0 Å². The van der Waals surface area contributed by atoms with Crippen molar-refractivity contribution < 1.29 is 9.90 Å². The van der Waals surface area contributed by atoms with Crippen molar-refractivity contribution in [3.05, 3.63) is 59.7 Å². The Morgan fingerprint density at radius 3 is 2.45 bits per heavy atom. The number of benzene rings is 2. The molecule has 3 nitrogen and oxygen atoms in total. The van der Waals surface area contributed by atoms with E-state index < -0.39 is 0 Å². The topological polar surface area (TPSA) is 63.3 Å². The van der Waals surface area contributed by atoms with E-state index in [1.165, 1.54) is 0 Å². The third kappa shape index (κ3) is 3.32. The Bertz CT molecular complexity index is 590. The van der Waals surface area contributed by atoms with E-state index >= 15 is 0 Å². The maximum atomic E-state index is 11.3. The fraction of sp³-hybridized carbons (Fsp3) is 0.235. The van der Waals surface area contributed by atoms with E-state index in [4.69, 9.17) is 10.8 Å². The Labute approximate surface area is 119 Å². The molecule has 1 atom stereocenters. The molecule has 2 rings (SSSR count). The molecule has 3 heteroatoms. The maximum absolute atomic E-state index is 11.3. The van der Waals surface area contributed by atoms with Gasteiger partial charge in [0.1, 0.15) is 0 Å². The molecule has 0 spiro atoms. The first kappa shape index (κ1) is 14.4. The van der Waals surface area contributed by atoms with Crippen molar-refractivity contribution in [1.29, 1.82) is 0 Å². The van der Waals surface area contributed by atoms with Crippen LogP contribution < -0.4 is 5.73 Å². The van der Waals surface area contributed by atoms with Gasteiger partial charge in [-0.2, -0.15) is 0 Å². The minimum Gasteiger partial charge on any atom is -0.396 e. The van der Waals surface area contributed by atoms with Crippen molar-refractivity contribution in [3.63, 3.8) is 0 Å². The first-order valence-corrected chi connectivity index (χ1v) is 6.69. The Balaban J connectivity index is 2.28. The lowest BCUT2D eigenvalue weighted by atomic mass is 9.97.